The van der Waals surface area contributed by atoms with Crippen LogP contribution < -0.4 is 24.8 Å². The number of fused-ring (bicyclic) bond motifs is 7. The SMILES string of the molecule is COc1ccc2cc1OCC(=O)NCc1ccc(cc1)O[C@H]1CN(C(=O)CCn3nc(C)c(C(C)=O)c3C)C[C@@H]1NC2=O. The largest absolute Gasteiger partial charge is 0.493 e. The summed E-state index contributed by atoms with van der Waals surface area (Å²) >= 11 is 0. The first-order valence-corrected chi connectivity index (χ1v) is 14.1. The topological polar surface area (TPSA) is 141 Å². The van der Waals surface area contributed by atoms with Gasteiger partial charge in [-0.2, -0.15) is 5.10 Å². The number of amides is 3. The van der Waals surface area contributed by atoms with Gasteiger partial charge in [-0.05, 0) is 56.7 Å². The quantitative estimate of drug-likeness (QED) is 0.432. The van der Waals surface area contributed by atoms with Crippen molar-refractivity contribution in [1.29, 1.82) is 0 Å². The maximum Gasteiger partial charge on any atom is 0.258 e. The van der Waals surface area contributed by atoms with E-state index in [2.05, 4.69) is 15.7 Å². The Morgan fingerprint density at radius 3 is 2.56 bits per heavy atom. The molecule has 1 aromatic heterocycles. The van der Waals surface area contributed by atoms with Crippen LogP contribution in [0.5, 0.6) is 17.2 Å². The van der Waals surface area contributed by atoms with Gasteiger partial charge in [-0.25, -0.2) is 0 Å². The number of carbonyl (C=O) groups excluding carboxylic acids is 4. The molecule has 0 radical (unpaired) electrons. The lowest BCUT2D eigenvalue weighted by Gasteiger charge is -2.21. The fraction of sp³-hybridized carbons (Fsp3) is 0.387. The Bertz CT molecular complexity index is 1550. The monoisotopic (exact) mass is 589 g/mol. The molecule has 3 aliphatic heterocycles. The van der Waals surface area contributed by atoms with Crippen LogP contribution in [0.4, 0.5) is 0 Å². The molecule has 226 valence electrons. The highest BCUT2D eigenvalue weighted by molar-refractivity contribution is 5.96. The number of ketones is 1. The molecule has 1 saturated heterocycles. The molecule has 6 rings (SSSR count). The van der Waals surface area contributed by atoms with Gasteiger partial charge in [0.05, 0.1) is 31.0 Å². The first-order chi connectivity index (χ1) is 20.6. The molecule has 0 saturated carbocycles. The molecule has 12 heteroatoms. The van der Waals surface area contributed by atoms with Gasteiger partial charge in [0.15, 0.2) is 23.9 Å². The van der Waals surface area contributed by atoms with E-state index in [9.17, 15) is 19.2 Å². The molecule has 2 atom stereocenters. The van der Waals surface area contributed by atoms with Crippen molar-refractivity contribution in [3.05, 3.63) is 70.5 Å². The van der Waals surface area contributed by atoms with Gasteiger partial charge in [-0.15, -0.1) is 0 Å². The summed E-state index contributed by atoms with van der Waals surface area (Å²) in [6.07, 6.45) is -0.340. The number of carbonyl (C=O) groups is 4. The summed E-state index contributed by atoms with van der Waals surface area (Å²) in [5.41, 5.74) is 3.13. The van der Waals surface area contributed by atoms with Gasteiger partial charge in [0, 0.05) is 37.3 Å². The minimum absolute atomic E-state index is 0.0591. The van der Waals surface area contributed by atoms with Gasteiger partial charge >= 0.3 is 0 Å². The van der Waals surface area contributed by atoms with E-state index in [4.69, 9.17) is 14.2 Å². The molecule has 4 heterocycles. The third kappa shape index (κ3) is 6.63. The van der Waals surface area contributed by atoms with Crippen molar-refractivity contribution in [2.75, 3.05) is 26.8 Å². The van der Waals surface area contributed by atoms with E-state index in [0.717, 1.165) is 11.3 Å². The van der Waals surface area contributed by atoms with Crippen LogP contribution in [0.2, 0.25) is 0 Å². The molecule has 3 aromatic rings. The van der Waals surface area contributed by atoms with Crippen molar-refractivity contribution >= 4 is 23.5 Å². The molecular weight excluding hydrogens is 554 g/mol. The predicted molar refractivity (Wildman–Crippen MR) is 155 cm³/mol. The summed E-state index contributed by atoms with van der Waals surface area (Å²) in [5, 5.41) is 10.3. The number of aryl methyl sites for hydroxylation is 2. The van der Waals surface area contributed by atoms with Crippen LogP contribution in [0, 0.1) is 13.8 Å². The second-order valence-corrected chi connectivity index (χ2v) is 10.7. The molecule has 2 aromatic carbocycles. The average Bonchev–Trinajstić information content (AvgIpc) is 3.52. The fourth-order valence-corrected chi connectivity index (χ4v) is 5.46. The molecular formula is C31H35N5O7. The number of methoxy groups -OCH3 is 1. The summed E-state index contributed by atoms with van der Waals surface area (Å²) in [6, 6.07) is 11.5. The number of likely N-dealkylation sites (tertiary alicyclic amines) is 1. The Hall–Kier alpha value is -4.87. The summed E-state index contributed by atoms with van der Waals surface area (Å²) < 4.78 is 19.0. The van der Waals surface area contributed by atoms with Gasteiger partial charge in [0.1, 0.15) is 11.9 Å². The van der Waals surface area contributed by atoms with Crippen LogP contribution in [0.15, 0.2) is 42.5 Å². The molecule has 0 aliphatic carbocycles. The third-order valence-corrected chi connectivity index (χ3v) is 7.69. The lowest BCUT2D eigenvalue weighted by Crippen LogP contribution is -2.45. The Morgan fingerprint density at radius 2 is 1.86 bits per heavy atom. The number of rotatable bonds is 5. The van der Waals surface area contributed by atoms with Crippen LogP contribution in [0.25, 0.3) is 0 Å². The lowest BCUT2D eigenvalue weighted by atomic mass is 10.1. The third-order valence-electron chi connectivity index (χ3n) is 7.69. The molecule has 0 unspecified atom stereocenters. The zero-order valence-electron chi connectivity index (χ0n) is 24.6. The number of benzene rings is 2. The molecule has 2 N–H and O–H groups in total. The lowest BCUT2D eigenvalue weighted by molar-refractivity contribution is -0.130. The number of aromatic nitrogens is 2. The number of nitrogens with zero attached hydrogens (tertiary/aromatic N) is 3. The van der Waals surface area contributed by atoms with Gasteiger partial charge in [-0.3, -0.25) is 23.9 Å². The highest BCUT2D eigenvalue weighted by Gasteiger charge is 2.38. The van der Waals surface area contributed by atoms with Crippen molar-refractivity contribution in [2.24, 2.45) is 0 Å². The number of nitrogens with one attached hydrogen (secondary N) is 2. The van der Waals surface area contributed by atoms with E-state index in [1.807, 2.05) is 19.1 Å². The van der Waals surface area contributed by atoms with E-state index in [1.165, 1.54) is 20.1 Å². The normalized spacial score (nSPS) is 18.6. The van der Waals surface area contributed by atoms with E-state index in [1.54, 1.807) is 40.8 Å². The Morgan fingerprint density at radius 1 is 1.09 bits per heavy atom. The van der Waals surface area contributed by atoms with Gasteiger partial charge in [0.25, 0.3) is 11.8 Å². The number of ether oxygens (including phenoxy) is 3. The van der Waals surface area contributed by atoms with Crippen LogP contribution >= 0.6 is 0 Å². The van der Waals surface area contributed by atoms with E-state index >= 15 is 0 Å². The van der Waals surface area contributed by atoms with E-state index in [-0.39, 0.29) is 55.4 Å². The van der Waals surface area contributed by atoms with Crippen LogP contribution in [0.3, 0.4) is 0 Å². The second kappa shape index (κ2) is 12.6. The minimum atomic E-state index is -0.513. The van der Waals surface area contributed by atoms with Crippen LogP contribution in [-0.2, 0) is 22.7 Å². The Labute approximate surface area is 249 Å². The summed E-state index contributed by atoms with van der Waals surface area (Å²) in [4.78, 5) is 52.8. The molecule has 4 bridgehead atoms. The van der Waals surface area contributed by atoms with Gasteiger partial charge in [0.2, 0.25) is 5.91 Å². The van der Waals surface area contributed by atoms with Crippen molar-refractivity contribution in [1.82, 2.24) is 25.3 Å². The van der Waals surface area contributed by atoms with Crippen molar-refractivity contribution in [3.8, 4) is 17.2 Å². The van der Waals surface area contributed by atoms with E-state index in [0.29, 0.717) is 41.4 Å². The zero-order chi connectivity index (χ0) is 30.7. The molecule has 0 spiro atoms. The summed E-state index contributed by atoms with van der Waals surface area (Å²) in [7, 11) is 1.48. The first kappa shape index (κ1) is 29.6. The molecule has 43 heavy (non-hydrogen) atoms. The fourth-order valence-electron chi connectivity index (χ4n) is 5.46. The molecule has 12 nitrogen and oxygen atoms in total. The number of hydrogen-bond acceptors (Lipinski definition) is 8. The minimum Gasteiger partial charge on any atom is -0.493 e. The van der Waals surface area contributed by atoms with Crippen molar-refractivity contribution in [2.45, 2.75) is 52.4 Å². The number of hydrogen-bond donors (Lipinski definition) is 2. The molecule has 1 fully saturated rings. The van der Waals surface area contributed by atoms with E-state index < -0.39 is 12.1 Å². The standard InChI is InChI=1S/C31H35N5O7/c1-18-30(20(3)37)19(2)36(34-18)12-11-29(39)35-15-24-27(16-35)43-23-8-5-21(6-9-23)14-32-28(38)17-42-26-13-22(31(40)33-24)7-10-25(26)41-4/h5-10,13,24,27H,11-12,14-17H2,1-4H3,(H,32,38)(H,33,40)/t24-,27-/m0/s1. The second-order valence-electron chi connectivity index (χ2n) is 10.7. The Kier molecular flexibility index (Phi) is 8.65. The number of Topliss-reactive ketones (excluding diaryl/α,β-unsaturated/α-hetero) is 1. The summed E-state index contributed by atoms with van der Waals surface area (Å²) in [6.45, 7) is 6.01. The van der Waals surface area contributed by atoms with Crippen LogP contribution in [-0.4, -0.2) is 77.1 Å². The maximum atomic E-state index is 13.4. The van der Waals surface area contributed by atoms with Gasteiger partial charge < -0.3 is 29.7 Å². The highest BCUT2D eigenvalue weighted by Crippen LogP contribution is 2.29. The molecule has 3 aliphatic rings. The Balaban J connectivity index is 1.36. The predicted octanol–water partition coefficient (Wildman–Crippen LogP) is 2.20. The highest BCUT2D eigenvalue weighted by atomic mass is 16.5. The zero-order valence-corrected chi connectivity index (χ0v) is 24.6. The maximum absolute atomic E-state index is 13.4. The van der Waals surface area contributed by atoms with Gasteiger partial charge in [-0.1, -0.05) is 12.1 Å². The first-order valence-electron chi connectivity index (χ1n) is 14.1. The van der Waals surface area contributed by atoms with Crippen molar-refractivity contribution < 1.29 is 33.4 Å². The average molecular weight is 590 g/mol. The molecule has 3 amide bonds. The smallest absolute Gasteiger partial charge is 0.258 e. The van der Waals surface area contributed by atoms with Crippen LogP contribution in [0.1, 0.15) is 51.0 Å². The van der Waals surface area contributed by atoms with Crippen molar-refractivity contribution in [3.63, 3.8) is 0 Å². The summed E-state index contributed by atoms with van der Waals surface area (Å²) in [5.74, 6) is 0.335.